The lowest BCUT2D eigenvalue weighted by atomic mass is 9.99. The number of hydrogen-bond donors (Lipinski definition) is 0. The number of hydrogen-bond acceptors (Lipinski definition) is 1. The van der Waals surface area contributed by atoms with Gasteiger partial charge in [0, 0.05) is 11.2 Å². The monoisotopic (exact) mass is 304 g/mol. The van der Waals surface area contributed by atoms with E-state index in [9.17, 15) is 0 Å². The first-order chi connectivity index (χ1) is 7.54. The molecule has 1 aromatic rings. The van der Waals surface area contributed by atoms with Gasteiger partial charge in [0.2, 0.25) is 0 Å². The van der Waals surface area contributed by atoms with Crippen LogP contribution in [0.4, 0.5) is 0 Å². The maximum atomic E-state index is 6.07. The molecular weight excluding hydrogens is 287 g/mol. The van der Waals surface area contributed by atoms with Crippen LogP contribution in [-0.4, -0.2) is 11.9 Å². The largest absolute Gasteiger partial charge is 0.492 e. The topological polar surface area (TPSA) is 9.23 Å². The molecule has 0 heterocycles. The number of rotatable bonds is 5. The zero-order valence-electron chi connectivity index (χ0n) is 9.97. The summed E-state index contributed by atoms with van der Waals surface area (Å²) in [7, 11) is 0. The third-order valence-corrected chi connectivity index (χ3v) is 3.82. The Morgan fingerprint density at radius 2 is 2.06 bits per heavy atom. The van der Waals surface area contributed by atoms with E-state index < -0.39 is 0 Å². The van der Waals surface area contributed by atoms with Crippen molar-refractivity contribution in [2.24, 2.45) is 11.8 Å². The molecule has 1 nitrogen and oxygen atoms in total. The summed E-state index contributed by atoms with van der Waals surface area (Å²) in [5.74, 6) is 1.90. The Bertz CT molecular complexity index is 339. The van der Waals surface area contributed by atoms with Gasteiger partial charge in [-0.1, -0.05) is 47.4 Å². The lowest BCUT2D eigenvalue weighted by Gasteiger charge is -2.19. The molecule has 90 valence electrons. The van der Waals surface area contributed by atoms with Crippen molar-refractivity contribution in [2.45, 2.75) is 20.8 Å². The second-order valence-corrected chi connectivity index (χ2v) is 5.46. The van der Waals surface area contributed by atoms with Crippen molar-refractivity contribution in [1.82, 2.24) is 0 Å². The van der Waals surface area contributed by atoms with Crippen molar-refractivity contribution in [1.29, 1.82) is 0 Å². The molecule has 1 rings (SSSR count). The first-order valence-electron chi connectivity index (χ1n) is 5.49. The fourth-order valence-electron chi connectivity index (χ4n) is 1.33. The van der Waals surface area contributed by atoms with E-state index in [0.717, 1.165) is 11.1 Å². The van der Waals surface area contributed by atoms with Crippen LogP contribution in [0, 0.1) is 18.8 Å². The van der Waals surface area contributed by atoms with Crippen molar-refractivity contribution in [3.63, 3.8) is 0 Å². The summed E-state index contributed by atoms with van der Waals surface area (Å²) in [5, 5.41) is 1.64. The number of alkyl halides is 1. The molecule has 1 unspecified atom stereocenters. The summed E-state index contributed by atoms with van der Waals surface area (Å²) in [6, 6.07) is 5.85. The Morgan fingerprint density at radius 1 is 1.38 bits per heavy atom. The molecular formula is C13H18BrClO. The molecule has 16 heavy (non-hydrogen) atoms. The standard InChI is InChI=1S/C13H18BrClO/c1-9(2)11(7-14)8-16-13-6-10(3)4-5-12(13)15/h4-6,9,11H,7-8H2,1-3H3. The maximum Gasteiger partial charge on any atom is 0.138 e. The molecule has 0 amide bonds. The van der Waals surface area contributed by atoms with Gasteiger partial charge >= 0.3 is 0 Å². The van der Waals surface area contributed by atoms with Crippen molar-refractivity contribution >= 4 is 27.5 Å². The minimum Gasteiger partial charge on any atom is -0.492 e. The molecule has 1 atom stereocenters. The summed E-state index contributed by atoms with van der Waals surface area (Å²) in [4.78, 5) is 0. The van der Waals surface area contributed by atoms with Gasteiger partial charge in [0.05, 0.1) is 11.6 Å². The molecule has 0 aromatic heterocycles. The van der Waals surface area contributed by atoms with E-state index in [4.69, 9.17) is 16.3 Å². The Morgan fingerprint density at radius 3 is 2.62 bits per heavy atom. The third-order valence-electron chi connectivity index (χ3n) is 2.68. The molecule has 0 aliphatic carbocycles. The molecule has 0 saturated heterocycles. The van der Waals surface area contributed by atoms with Crippen LogP contribution < -0.4 is 4.74 Å². The zero-order chi connectivity index (χ0) is 12.1. The van der Waals surface area contributed by atoms with E-state index in [-0.39, 0.29) is 0 Å². The summed E-state index contributed by atoms with van der Waals surface area (Å²) < 4.78 is 5.77. The first-order valence-corrected chi connectivity index (χ1v) is 6.99. The lowest BCUT2D eigenvalue weighted by Crippen LogP contribution is -2.19. The Hall–Kier alpha value is -0.210. The van der Waals surface area contributed by atoms with Gasteiger partial charge in [-0.25, -0.2) is 0 Å². The summed E-state index contributed by atoms with van der Waals surface area (Å²) >= 11 is 9.58. The summed E-state index contributed by atoms with van der Waals surface area (Å²) in [5.41, 5.74) is 1.17. The first kappa shape index (κ1) is 13.9. The van der Waals surface area contributed by atoms with Crippen molar-refractivity contribution in [2.75, 3.05) is 11.9 Å². The maximum absolute atomic E-state index is 6.07. The smallest absolute Gasteiger partial charge is 0.138 e. The average Bonchev–Trinajstić information content (AvgIpc) is 2.23. The van der Waals surface area contributed by atoms with Crippen LogP contribution in [0.25, 0.3) is 0 Å². The zero-order valence-corrected chi connectivity index (χ0v) is 12.3. The molecule has 0 spiro atoms. The second-order valence-electron chi connectivity index (χ2n) is 4.40. The van der Waals surface area contributed by atoms with Crippen LogP contribution in [0.3, 0.4) is 0 Å². The number of ether oxygens (including phenoxy) is 1. The van der Waals surface area contributed by atoms with Gasteiger partial charge in [-0.15, -0.1) is 0 Å². The predicted octanol–water partition coefficient (Wildman–Crippen LogP) is 4.69. The molecule has 0 aliphatic heterocycles. The molecule has 0 aliphatic rings. The molecule has 1 aromatic carbocycles. The Balaban J connectivity index is 2.63. The van der Waals surface area contributed by atoms with Crippen molar-refractivity contribution in [3.8, 4) is 5.75 Å². The quantitative estimate of drug-likeness (QED) is 0.717. The van der Waals surface area contributed by atoms with Gasteiger partial charge < -0.3 is 4.74 Å². The number of aryl methyl sites for hydroxylation is 1. The van der Waals surface area contributed by atoms with Gasteiger partial charge in [-0.05, 0) is 30.5 Å². The van der Waals surface area contributed by atoms with Crippen LogP contribution in [0.15, 0.2) is 18.2 Å². The van der Waals surface area contributed by atoms with Gasteiger partial charge in [0.25, 0.3) is 0 Å². The Labute approximate surface area is 111 Å². The SMILES string of the molecule is Cc1ccc(Cl)c(OCC(CBr)C(C)C)c1. The lowest BCUT2D eigenvalue weighted by molar-refractivity contribution is 0.227. The van der Waals surface area contributed by atoms with E-state index >= 15 is 0 Å². The average molecular weight is 306 g/mol. The van der Waals surface area contributed by atoms with Crippen LogP contribution in [0.1, 0.15) is 19.4 Å². The van der Waals surface area contributed by atoms with Crippen LogP contribution in [-0.2, 0) is 0 Å². The van der Waals surface area contributed by atoms with Crippen LogP contribution in [0.2, 0.25) is 5.02 Å². The van der Waals surface area contributed by atoms with Gasteiger partial charge in [-0.2, -0.15) is 0 Å². The van der Waals surface area contributed by atoms with Crippen molar-refractivity contribution < 1.29 is 4.74 Å². The van der Waals surface area contributed by atoms with E-state index in [1.807, 2.05) is 25.1 Å². The molecule has 0 N–H and O–H groups in total. The van der Waals surface area contributed by atoms with Gasteiger partial charge in [0.15, 0.2) is 0 Å². The highest BCUT2D eigenvalue weighted by Gasteiger charge is 2.13. The highest BCUT2D eigenvalue weighted by molar-refractivity contribution is 9.09. The number of benzene rings is 1. The van der Waals surface area contributed by atoms with E-state index in [0.29, 0.717) is 23.5 Å². The van der Waals surface area contributed by atoms with E-state index in [1.165, 1.54) is 5.56 Å². The Kier molecular flexibility index (Phi) is 5.63. The molecule has 3 heteroatoms. The fourth-order valence-corrected chi connectivity index (χ4v) is 2.44. The van der Waals surface area contributed by atoms with Crippen LogP contribution >= 0.6 is 27.5 Å². The minimum absolute atomic E-state index is 0.511. The highest BCUT2D eigenvalue weighted by atomic mass is 79.9. The van der Waals surface area contributed by atoms with Crippen LogP contribution in [0.5, 0.6) is 5.75 Å². The van der Waals surface area contributed by atoms with E-state index in [2.05, 4.69) is 29.8 Å². The predicted molar refractivity (Wildman–Crippen MR) is 73.8 cm³/mol. The van der Waals surface area contributed by atoms with E-state index in [1.54, 1.807) is 0 Å². The van der Waals surface area contributed by atoms with Gasteiger partial charge in [0.1, 0.15) is 5.75 Å². The number of halogens is 2. The molecule has 0 saturated carbocycles. The highest BCUT2D eigenvalue weighted by Crippen LogP contribution is 2.26. The van der Waals surface area contributed by atoms with Crippen molar-refractivity contribution in [3.05, 3.63) is 28.8 Å². The molecule has 0 fully saturated rings. The summed E-state index contributed by atoms with van der Waals surface area (Å²) in [6.45, 7) is 7.14. The minimum atomic E-state index is 0.511. The van der Waals surface area contributed by atoms with Gasteiger partial charge in [-0.3, -0.25) is 0 Å². The second kappa shape index (κ2) is 6.51. The third kappa shape index (κ3) is 3.99. The normalized spacial score (nSPS) is 12.9. The molecule has 0 bridgehead atoms. The molecule has 0 radical (unpaired) electrons. The summed E-state index contributed by atoms with van der Waals surface area (Å²) in [6.07, 6.45) is 0. The fraction of sp³-hybridized carbons (Fsp3) is 0.538.